The number of hydrogen-bond donors (Lipinski definition) is 0. The first-order valence-corrected chi connectivity index (χ1v) is 5.82. The molecule has 1 atom stereocenters. The number of carbonyl (C=O) groups excluding carboxylic acids is 1. The van der Waals surface area contributed by atoms with Crippen molar-refractivity contribution >= 4 is 5.78 Å². The Hall–Kier alpha value is -1.80. The molecule has 0 aromatic heterocycles. The first-order chi connectivity index (χ1) is 8.24. The minimum Gasteiger partial charge on any atom is -0.300 e. The number of ketones is 1. The molecule has 0 radical (unpaired) electrons. The molecule has 1 aromatic rings. The van der Waals surface area contributed by atoms with Gasteiger partial charge in [0.2, 0.25) is 0 Å². The van der Waals surface area contributed by atoms with Crippen molar-refractivity contribution in [1.82, 2.24) is 0 Å². The Balaban J connectivity index is 2.50. The summed E-state index contributed by atoms with van der Waals surface area (Å²) < 4.78 is 0. The molecular formula is C13H17N3O. The molecule has 17 heavy (non-hydrogen) atoms. The van der Waals surface area contributed by atoms with Crippen molar-refractivity contribution in [3.63, 3.8) is 0 Å². The lowest BCUT2D eigenvalue weighted by Crippen LogP contribution is -1.96. The van der Waals surface area contributed by atoms with E-state index in [9.17, 15) is 4.79 Å². The highest BCUT2D eigenvalue weighted by atomic mass is 16.1. The van der Waals surface area contributed by atoms with Crippen molar-refractivity contribution in [3.05, 3.63) is 46.3 Å². The van der Waals surface area contributed by atoms with Gasteiger partial charge in [-0.15, -0.1) is 0 Å². The number of azide groups is 1. The van der Waals surface area contributed by atoms with Gasteiger partial charge in [-0.1, -0.05) is 41.9 Å². The van der Waals surface area contributed by atoms with E-state index in [0.717, 1.165) is 24.8 Å². The summed E-state index contributed by atoms with van der Waals surface area (Å²) in [6, 6.07) is 9.62. The van der Waals surface area contributed by atoms with Gasteiger partial charge in [0.15, 0.2) is 0 Å². The predicted octanol–water partition coefficient (Wildman–Crippen LogP) is 4.19. The number of rotatable bonds is 7. The van der Waals surface area contributed by atoms with Crippen molar-refractivity contribution in [3.8, 4) is 0 Å². The van der Waals surface area contributed by atoms with E-state index >= 15 is 0 Å². The smallest absolute Gasteiger partial charge is 0.129 e. The Morgan fingerprint density at radius 1 is 1.35 bits per heavy atom. The minimum atomic E-state index is -0.117. The van der Waals surface area contributed by atoms with Crippen LogP contribution in [0.3, 0.4) is 0 Å². The Morgan fingerprint density at radius 3 is 2.65 bits per heavy atom. The summed E-state index contributed by atoms with van der Waals surface area (Å²) in [5.74, 6) is 0.213. The third-order valence-corrected chi connectivity index (χ3v) is 2.63. The molecule has 1 aromatic carbocycles. The third-order valence-electron chi connectivity index (χ3n) is 2.63. The van der Waals surface area contributed by atoms with Crippen LogP contribution in [0.4, 0.5) is 0 Å². The van der Waals surface area contributed by atoms with E-state index in [1.807, 2.05) is 30.3 Å². The van der Waals surface area contributed by atoms with Crippen molar-refractivity contribution in [2.45, 2.75) is 38.6 Å². The highest BCUT2D eigenvalue weighted by molar-refractivity contribution is 5.75. The van der Waals surface area contributed by atoms with Gasteiger partial charge in [-0.2, -0.15) is 0 Å². The Kier molecular flexibility index (Phi) is 5.83. The molecule has 0 saturated carbocycles. The minimum absolute atomic E-state index is 0.117. The summed E-state index contributed by atoms with van der Waals surface area (Å²) in [6.45, 7) is 1.60. The summed E-state index contributed by atoms with van der Waals surface area (Å²) in [7, 11) is 0. The zero-order chi connectivity index (χ0) is 12.5. The van der Waals surface area contributed by atoms with Gasteiger partial charge in [0.05, 0.1) is 6.04 Å². The van der Waals surface area contributed by atoms with E-state index in [2.05, 4.69) is 10.0 Å². The Bertz CT molecular complexity index is 396. The molecule has 90 valence electrons. The van der Waals surface area contributed by atoms with Crippen LogP contribution in [0, 0.1) is 0 Å². The van der Waals surface area contributed by atoms with Crippen molar-refractivity contribution in [2.75, 3.05) is 0 Å². The quantitative estimate of drug-likeness (QED) is 0.300. The molecular weight excluding hydrogens is 214 g/mol. The Labute approximate surface area is 101 Å². The van der Waals surface area contributed by atoms with Crippen LogP contribution in [0.1, 0.15) is 44.2 Å². The van der Waals surface area contributed by atoms with Crippen LogP contribution in [0.25, 0.3) is 10.4 Å². The predicted molar refractivity (Wildman–Crippen MR) is 67.5 cm³/mol. The average Bonchev–Trinajstić information content (AvgIpc) is 2.34. The molecule has 0 aliphatic carbocycles. The Morgan fingerprint density at radius 2 is 2.06 bits per heavy atom. The summed E-state index contributed by atoms with van der Waals surface area (Å²) in [5, 5.41) is 3.81. The molecule has 0 bridgehead atoms. The van der Waals surface area contributed by atoms with E-state index in [-0.39, 0.29) is 11.8 Å². The monoisotopic (exact) mass is 231 g/mol. The van der Waals surface area contributed by atoms with E-state index in [0.29, 0.717) is 6.42 Å². The van der Waals surface area contributed by atoms with Gasteiger partial charge in [-0.3, -0.25) is 0 Å². The van der Waals surface area contributed by atoms with Gasteiger partial charge in [0.25, 0.3) is 0 Å². The van der Waals surface area contributed by atoms with Gasteiger partial charge in [0, 0.05) is 11.3 Å². The van der Waals surface area contributed by atoms with E-state index < -0.39 is 0 Å². The van der Waals surface area contributed by atoms with Crippen LogP contribution in [0.5, 0.6) is 0 Å². The lowest BCUT2D eigenvalue weighted by atomic mass is 10.0. The summed E-state index contributed by atoms with van der Waals surface area (Å²) >= 11 is 0. The van der Waals surface area contributed by atoms with Crippen LogP contribution < -0.4 is 0 Å². The maximum absolute atomic E-state index is 10.8. The molecule has 0 heterocycles. The highest BCUT2D eigenvalue weighted by Gasteiger charge is 2.08. The molecule has 0 fully saturated rings. The zero-order valence-electron chi connectivity index (χ0n) is 10.0. The molecule has 0 saturated heterocycles. The third kappa shape index (κ3) is 5.18. The number of Topliss-reactive ketones (excluding diaryl/α,β-unsaturated/α-hetero) is 1. The number of carbonyl (C=O) groups is 1. The number of hydrogen-bond acceptors (Lipinski definition) is 2. The lowest BCUT2D eigenvalue weighted by Gasteiger charge is -2.10. The second-order valence-electron chi connectivity index (χ2n) is 4.08. The largest absolute Gasteiger partial charge is 0.300 e. The van der Waals surface area contributed by atoms with Gasteiger partial charge >= 0.3 is 0 Å². The van der Waals surface area contributed by atoms with E-state index in [4.69, 9.17) is 5.53 Å². The van der Waals surface area contributed by atoms with E-state index in [1.54, 1.807) is 6.92 Å². The SMILES string of the molecule is CC(=O)CCCCC(N=[N+]=[N-])c1ccccc1. The van der Waals surface area contributed by atoms with Gasteiger partial charge < -0.3 is 4.79 Å². The van der Waals surface area contributed by atoms with Gasteiger partial charge in [-0.25, -0.2) is 0 Å². The zero-order valence-corrected chi connectivity index (χ0v) is 10.0. The number of benzene rings is 1. The lowest BCUT2D eigenvalue weighted by molar-refractivity contribution is -0.117. The maximum Gasteiger partial charge on any atom is 0.129 e. The second-order valence-corrected chi connectivity index (χ2v) is 4.08. The van der Waals surface area contributed by atoms with Gasteiger partial charge in [-0.05, 0) is 30.9 Å². The summed E-state index contributed by atoms with van der Waals surface area (Å²) in [4.78, 5) is 13.7. The molecule has 0 amide bonds. The van der Waals surface area contributed by atoms with Crippen molar-refractivity contribution < 1.29 is 4.79 Å². The molecule has 4 heteroatoms. The first-order valence-electron chi connectivity index (χ1n) is 5.82. The summed E-state index contributed by atoms with van der Waals surface area (Å²) in [6.07, 6.45) is 3.16. The average molecular weight is 231 g/mol. The topological polar surface area (TPSA) is 65.8 Å². The fraction of sp³-hybridized carbons (Fsp3) is 0.462. The van der Waals surface area contributed by atoms with Crippen LogP contribution in [-0.4, -0.2) is 5.78 Å². The highest BCUT2D eigenvalue weighted by Crippen LogP contribution is 2.23. The molecule has 0 spiro atoms. The maximum atomic E-state index is 10.8. The standard InChI is InChI=1S/C13H17N3O/c1-11(17)7-5-6-10-13(15-16-14)12-8-3-2-4-9-12/h2-4,8-9,13H,5-7,10H2,1H3. The van der Waals surface area contributed by atoms with Crippen LogP contribution in [0.15, 0.2) is 35.4 Å². The van der Waals surface area contributed by atoms with Crippen LogP contribution in [0.2, 0.25) is 0 Å². The molecule has 1 rings (SSSR count). The summed E-state index contributed by atoms with van der Waals surface area (Å²) in [5.41, 5.74) is 9.58. The number of unbranched alkanes of at least 4 members (excludes halogenated alkanes) is 1. The van der Waals surface area contributed by atoms with Crippen LogP contribution >= 0.6 is 0 Å². The van der Waals surface area contributed by atoms with Crippen molar-refractivity contribution in [2.24, 2.45) is 5.11 Å². The van der Waals surface area contributed by atoms with Crippen molar-refractivity contribution in [1.29, 1.82) is 0 Å². The molecule has 0 aliphatic rings. The molecule has 1 unspecified atom stereocenters. The van der Waals surface area contributed by atoms with Crippen LogP contribution in [-0.2, 0) is 4.79 Å². The second kappa shape index (κ2) is 7.47. The fourth-order valence-corrected chi connectivity index (χ4v) is 1.74. The van der Waals surface area contributed by atoms with Gasteiger partial charge in [0.1, 0.15) is 5.78 Å². The molecule has 0 aliphatic heterocycles. The normalized spacial score (nSPS) is 11.6. The fourth-order valence-electron chi connectivity index (χ4n) is 1.74. The van der Waals surface area contributed by atoms with E-state index in [1.165, 1.54) is 0 Å². The number of nitrogens with zero attached hydrogens (tertiary/aromatic N) is 3. The molecule has 0 N–H and O–H groups in total. The first kappa shape index (κ1) is 13.3. The molecule has 4 nitrogen and oxygen atoms in total.